The Hall–Kier alpha value is -2.39. The van der Waals surface area contributed by atoms with E-state index in [2.05, 4.69) is 5.10 Å². The van der Waals surface area contributed by atoms with Crippen molar-refractivity contribution in [1.82, 2.24) is 20.2 Å². The number of halogens is 3. The van der Waals surface area contributed by atoms with Crippen LogP contribution >= 0.6 is 0 Å². The molecule has 1 saturated heterocycles. The number of hydrogen-bond acceptors (Lipinski definition) is 4. The van der Waals surface area contributed by atoms with Crippen molar-refractivity contribution in [3.63, 3.8) is 0 Å². The van der Waals surface area contributed by atoms with Gasteiger partial charge < -0.3 is 0 Å². The van der Waals surface area contributed by atoms with Gasteiger partial charge in [0.2, 0.25) is 5.91 Å². The number of alkyl halides is 3. The zero-order valence-electron chi connectivity index (χ0n) is 15.7. The van der Waals surface area contributed by atoms with Crippen LogP contribution < -0.4 is 5.48 Å². The number of likely N-dealkylation sites (tertiary alicyclic amines) is 1. The molecular formula is C20H23F3N4O2. The molecule has 0 bridgehead atoms. The minimum Gasteiger partial charge on any atom is -0.295 e. The number of aromatic nitrogens is 2. The van der Waals surface area contributed by atoms with Crippen LogP contribution in [0.4, 0.5) is 13.2 Å². The van der Waals surface area contributed by atoms with E-state index in [1.807, 2.05) is 41.2 Å². The van der Waals surface area contributed by atoms with Gasteiger partial charge in [-0.05, 0) is 24.0 Å². The fourth-order valence-electron chi connectivity index (χ4n) is 4.54. The van der Waals surface area contributed by atoms with E-state index in [4.69, 9.17) is 5.21 Å². The standard InChI is InChI=1S/C20H23F3N4O2/c21-20(22,23)12-26-8-6-15(7-9-26)27-11-14(10-24-27)17-16(18(17)19(28)25-29)13-4-2-1-3-5-13/h1-5,10-11,15-18,29H,6-9,12H2,(H,25,28). The van der Waals surface area contributed by atoms with Gasteiger partial charge in [0.25, 0.3) is 0 Å². The van der Waals surface area contributed by atoms with Crippen LogP contribution in [0.5, 0.6) is 0 Å². The van der Waals surface area contributed by atoms with Crippen LogP contribution in [0.2, 0.25) is 0 Å². The van der Waals surface area contributed by atoms with Crippen LogP contribution in [0, 0.1) is 5.92 Å². The molecule has 3 unspecified atom stereocenters. The maximum Gasteiger partial charge on any atom is 0.401 e. The van der Waals surface area contributed by atoms with Crippen molar-refractivity contribution < 1.29 is 23.2 Å². The monoisotopic (exact) mass is 408 g/mol. The van der Waals surface area contributed by atoms with Crippen molar-refractivity contribution in [1.29, 1.82) is 0 Å². The average molecular weight is 408 g/mol. The first-order valence-corrected chi connectivity index (χ1v) is 9.69. The highest BCUT2D eigenvalue weighted by Crippen LogP contribution is 2.60. The predicted octanol–water partition coefficient (Wildman–Crippen LogP) is 3.08. The third-order valence-electron chi connectivity index (χ3n) is 5.96. The lowest BCUT2D eigenvalue weighted by molar-refractivity contribution is -0.148. The van der Waals surface area contributed by atoms with E-state index in [0.717, 1.165) is 11.1 Å². The summed E-state index contributed by atoms with van der Waals surface area (Å²) in [6, 6.07) is 9.71. The van der Waals surface area contributed by atoms with Crippen LogP contribution in [0.15, 0.2) is 42.7 Å². The fraction of sp³-hybridized carbons (Fsp3) is 0.500. The van der Waals surface area contributed by atoms with Crippen molar-refractivity contribution in [3.8, 4) is 0 Å². The van der Waals surface area contributed by atoms with E-state index in [9.17, 15) is 18.0 Å². The van der Waals surface area contributed by atoms with Crippen molar-refractivity contribution >= 4 is 5.91 Å². The summed E-state index contributed by atoms with van der Waals surface area (Å²) in [6.07, 6.45) is 0.657. The van der Waals surface area contributed by atoms with E-state index < -0.39 is 18.6 Å². The highest BCUT2D eigenvalue weighted by molar-refractivity contribution is 5.84. The smallest absolute Gasteiger partial charge is 0.295 e. The first-order valence-electron chi connectivity index (χ1n) is 9.69. The molecule has 1 aromatic carbocycles. The number of nitrogens with one attached hydrogen (secondary N) is 1. The van der Waals surface area contributed by atoms with Crippen molar-refractivity contribution in [2.45, 2.75) is 36.9 Å². The normalized spacial score (nSPS) is 25.7. The molecule has 156 valence electrons. The molecule has 2 aromatic rings. The summed E-state index contributed by atoms with van der Waals surface area (Å²) in [5.74, 6) is -0.899. The van der Waals surface area contributed by atoms with Gasteiger partial charge in [0.1, 0.15) is 0 Å². The Bertz CT molecular complexity index is 847. The summed E-state index contributed by atoms with van der Waals surface area (Å²) in [7, 11) is 0. The molecule has 9 heteroatoms. The molecule has 1 aliphatic heterocycles. The zero-order valence-corrected chi connectivity index (χ0v) is 15.7. The Kier molecular flexibility index (Phi) is 5.35. The molecular weight excluding hydrogens is 385 g/mol. The lowest BCUT2D eigenvalue weighted by atomic mass is 10.0. The predicted molar refractivity (Wildman–Crippen MR) is 98.3 cm³/mol. The van der Waals surface area contributed by atoms with Gasteiger partial charge in [-0.3, -0.25) is 19.6 Å². The first-order chi connectivity index (χ1) is 13.9. The van der Waals surface area contributed by atoms with Gasteiger partial charge >= 0.3 is 6.18 Å². The molecule has 1 aromatic heterocycles. The molecule has 29 heavy (non-hydrogen) atoms. The summed E-state index contributed by atoms with van der Waals surface area (Å²) in [6.45, 7) is -0.112. The lowest BCUT2D eigenvalue weighted by Gasteiger charge is -2.32. The number of piperidine rings is 1. The topological polar surface area (TPSA) is 70.4 Å². The molecule has 3 atom stereocenters. The third kappa shape index (κ3) is 4.30. The van der Waals surface area contributed by atoms with E-state index >= 15 is 0 Å². The van der Waals surface area contributed by atoms with Crippen molar-refractivity contribution in [2.24, 2.45) is 5.92 Å². The minimum absolute atomic E-state index is 0.0327. The lowest BCUT2D eigenvalue weighted by Crippen LogP contribution is -2.40. The molecule has 0 spiro atoms. The van der Waals surface area contributed by atoms with Crippen LogP contribution in [-0.2, 0) is 4.79 Å². The summed E-state index contributed by atoms with van der Waals surface area (Å²) in [5, 5.41) is 13.5. The van der Waals surface area contributed by atoms with Crippen LogP contribution in [0.1, 0.15) is 41.8 Å². The largest absolute Gasteiger partial charge is 0.401 e. The Labute approximate surface area is 166 Å². The third-order valence-corrected chi connectivity index (χ3v) is 5.96. The van der Waals surface area contributed by atoms with Crippen LogP contribution in [-0.4, -0.2) is 51.6 Å². The van der Waals surface area contributed by atoms with E-state index in [0.29, 0.717) is 25.9 Å². The molecule has 0 radical (unpaired) electrons. The maximum absolute atomic E-state index is 12.6. The SMILES string of the molecule is O=C(NO)C1C(c2ccccc2)C1c1cnn(C2CCN(CC(F)(F)F)CC2)c1. The van der Waals surface area contributed by atoms with Gasteiger partial charge in [-0.1, -0.05) is 30.3 Å². The average Bonchev–Trinajstić information content (AvgIpc) is 3.26. The number of hydrogen-bond donors (Lipinski definition) is 2. The highest BCUT2D eigenvalue weighted by Gasteiger charge is 2.56. The van der Waals surface area contributed by atoms with Crippen LogP contribution in [0.25, 0.3) is 0 Å². The highest BCUT2D eigenvalue weighted by atomic mass is 19.4. The fourth-order valence-corrected chi connectivity index (χ4v) is 4.54. The molecule has 2 heterocycles. The molecule has 1 saturated carbocycles. The maximum atomic E-state index is 12.6. The Balaban J connectivity index is 1.44. The van der Waals surface area contributed by atoms with Crippen molar-refractivity contribution in [2.75, 3.05) is 19.6 Å². The number of rotatable bonds is 5. The molecule has 1 amide bonds. The number of benzene rings is 1. The van der Waals surface area contributed by atoms with E-state index in [-0.39, 0.29) is 23.8 Å². The minimum atomic E-state index is -4.17. The number of nitrogens with zero attached hydrogens (tertiary/aromatic N) is 3. The summed E-state index contributed by atoms with van der Waals surface area (Å²) < 4.78 is 39.5. The summed E-state index contributed by atoms with van der Waals surface area (Å²) in [4.78, 5) is 13.5. The van der Waals surface area contributed by atoms with Gasteiger partial charge in [-0.2, -0.15) is 18.3 Å². The number of amides is 1. The van der Waals surface area contributed by atoms with Gasteiger partial charge in [-0.25, -0.2) is 5.48 Å². The summed E-state index contributed by atoms with van der Waals surface area (Å²) in [5.41, 5.74) is 3.69. The number of hydroxylamine groups is 1. The second-order valence-electron chi connectivity index (χ2n) is 7.84. The molecule has 6 nitrogen and oxygen atoms in total. The van der Waals surface area contributed by atoms with Crippen LogP contribution in [0.3, 0.4) is 0 Å². The number of carbonyl (C=O) groups is 1. The van der Waals surface area contributed by atoms with Gasteiger partial charge in [0.15, 0.2) is 0 Å². The second-order valence-corrected chi connectivity index (χ2v) is 7.84. The van der Waals surface area contributed by atoms with Gasteiger partial charge in [0, 0.05) is 31.1 Å². The molecule has 2 aliphatic rings. The van der Waals surface area contributed by atoms with Gasteiger partial charge in [-0.15, -0.1) is 0 Å². The summed E-state index contributed by atoms with van der Waals surface area (Å²) >= 11 is 0. The van der Waals surface area contributed by atoms with E-state index in [1.165, 1.54) is 4.90 Å². The zero-order chi connectivity index (χ0) is 20.6. The Morgan fingerprint density at radius 2 is 1.79 bits per heavy atom. The molecule has 2 fully saturated rings. The second kappa shape index (κ2) is 7.79. The quantitative estimate of drug-likeness (QED) is 0.589. The first kappa shape index (κ1) is 19.9. The Morgan fingerprint density at radius 1 is 1.14 bits per heavy atom. The molecule has 2 N–H and O–H groups in total. The van der Waals surface area contributed by atoms with E-state index in [1.54, 1.807) is 11.7 Å². The Morgan fingerprint density at radius 3 is 2.41 bits per heavy atom. The number of carbonyl (C=O) groups excluding carboxylic acids is 1. The van der Waals surface area contributed by atoms with Crippen molar-refractivity contribution in [3.05, 3.63) is 53.9 Å². The van der Waals surface area contributed by atoms with Gasteiger partial charge in [0.05, 0.1) is 24.7 Å². The molecule has 4 rings (SSSR count). The molecule has 1 aliphatic carbocycles.